The van der Waals surface area contributed by atoms with E-state index in [9.17, 15) is 9.18 Å². The van der Waals surface area contributed by atoms with Crippen molar-refractivity contribution in [2.45, 2.75) is 37.7 Å². The number of carbonyl (C=O) groups excluding carboxylic acids is 1. The van der Waals surface area contributed by atoms with Crippen molar-refractivity contribution in [2.75, 3.05) is 24.3 Å². The maximum Gasteiger partial charge on any atom is 0.261 e. The zero-order valence-corrected chi connectivity index (χ0v) is 17.5. The first kappa shape index (κ1) is 21.1. The number of halogens is 2. The number of nitrogens with two attached hydrogens (primary N) is 1. The van der Waals surface area contributed by atoms with Gasteiger partial charge in [0.05, 0.1) is 30.0 Å². The van der Waals surface area contributed by atoms with E-state index in [1.165, 1.54) is 22.9 Å². The fourth-order valence-corrected chi connectivity index (χ4v) is 5.16. The third-order valence-electron chi connectivity index (χ3n) is 6.33. The summed E-state index contributed by atoms with van der Waals surface area (Å²) in [7, 11) is 1.72. The quantitative estimate of drug-likeness (QED) is 0.644. The molecule has 9 heteroatoms. The first-order valence-corrected chi connectivity index (χ1v) is 10.6. The number of hydrogen-bond donors (Lipinski definition) is 3. The van der Waals surface area contributed by atoms with Crippen molar-refractivity contribution in [1.82, 2.24) is 9.78 Å². The summed E-state index contributed by atoms with van der Waals surface area (Å²) in [5, 5.41) is 16.2. The predicted molar refractivity (Wildman–Crippen MR) is 112 cm³/mol. The second-order valence-electron chi connectivity index (χ2n) is 8.23. The van der Waals surface area contributed by atoms with Crippen LogP contribution in [0.15, 0.2) is 18.2 Å². The number of hydrogen-bond acceptors (Lipinski definition) is 5. The fraction of sp³-hybridized carbons (Fsp3) is 0.524. The van der Waals surface area contributed by atoms with E-state index < -0.39 is 5.82 Å². The number of nitrogens with zero attached hydrogens (tertiary/aromatic N) is 2. The number of aromatic nitrogens is 2. The summed E-state index contributed by atoms with van der Waals surface area (Å²) in [6, 6.07) is 4.03. The lowest BCUT2D eigenvalue weighted by Crippen LogP contribution is -2.17. The summed E-state index contributed by atoms with van der Waals surface area (Å²) >= 11 is 5.82. The van der Waals surface area contributed by atoms with Crippen LogP contribution in [0.25, 0.3) is 0 Å². The van der Waals surface area contributed by atoms with Crippen LogP contribution in [0.3, 0.4) is 0 Å². The minimum atomic E-state index is -0.546. The lowest BCUT2D eigenvalue weighted by Gasteiger charge is -2.15. The van der Waals surface area contributed by atoms with E-state index in [0.29, 0.717) is 41.2 Å². The van der Waals surface area contributed by atoms with Gasteiger partial charge in [0, 0.05) is 18.7 Å². The summed E-state index contributed by atoms with van der Waals surface area (Å²) in [4.78, 5) is 13.0. The number of carbonyl (C=O) groups is 1. The van der Waals surface area contributed by atoms with Crippen molar-refractivity contribution in [3.05, 3.63) is 40.3 Å². The van der Waals surface area contributed by atoms with Crippen molar-refractivity contribution in [3.8, 4) is 0 Å². The van der Waals surface area contributed by atoms with Crippen molar-refractivity contribution < 1.29 is 19.0 Å². The maximum atomic E-state index is 13.4. The largest absolute Gasteiger partial charge is 0.394 e. The topological polar surface area (TPSA) is 102 Å². The van der Waals surface area contributed by atoms with Crippen LogP contribution >= 0.6 is 11.6 Å². The Hall–Kier alpha value is -2.16. The lowest BCUT2D eigenvalue weighted by molar-refractivity contribution is 0.0280. The van der Waals surface area contributed by atoms with Gasteiger partial charge in [-0.1, -0.05) is 11.6 Å². The molecule has 30 heavy (non-hydrogen) atoms. The molecule has 4 rings (SSSR count). The molecule has 2 aliphatic rings. The van der Waals surface area contributed by atoms with Crippen LogP contribution in [0.2, 0.25) is 5.02 Å². The second kappa shape index (κ2) is 8.53. The highest BCUT2D eigenvalue weighted by Crippen LogP contribution is 2.51. The molecule has 2 fully saturated rings. The third kappa shape index (κ3) is 4.04. The molecule has 7 nitrogen and oxygen atoms in total. The standard InChI is InChI=1S/C21H26ClFN4O3/c1-27-20(24)18(21(29)25-14-2-3-17(23)16(22)10-14)19(26-27)13-6-11-8-15(30-5-4-28)9-12(11)7-13/h2-3,10-13,15,28H,4-9,24H2,1H3,(H,25,29). The Balaban J connectivity index is 1.50. The van der Waals surface area contributed by atoms with Crippen LogP contribution < -0.4 is 11.1 Å². The summed E-state index contributed by atoms with van der Waals surface area (Å²) in [5.74, 6) is 0.578. The number of nitrogen functional groups attached to an aromatic ring is 1. The van der Waals surface area contributed by atoms with Crippen LogP contribution in [0.5, 0.6) is 0 Å². The number of fused-ring (bicyclic) bond motifs is 1. The van der Waals surface area contributed by atoms with Crippen molar-refractivity contribution in [3.63, 3.8) is 0 Å². The van der Waals surface area contributed by atoms with E-state index in [1.807, 2.05) is 0 Å². The average Bonchev–Trinajstić information content (AvgIpc) is 3.35. The van der Waals surface area contributed by atoms with Gasteiger partial charge in [-0.15, -0.1) is 0 Å². The molecule has 0 saturated heterocycles. The number of aliphatic hydroxyl groups is 1. The third-order valence-corrected chi connectivity index (χ3v) is 6.62. The molecular weight excluding hydrogens is 411 g/mol. The Morgan fingerprint density at radius 1 is 1.37 bits per heavy atom. The van der Waals surface area contributed by atoms with Crippen molar-refractivity contribution in [2.24, 2.45) is 18.9 Å². The van der Waals surface area contributed by atoms with Crippen LogP contribution in [-0.4, -0.2) is 40.1 Å². The lowest BCUT2D eigenvalue weighted by atomic mass is 9.95. The molecule has 0 bridgehead atoms. The Morgan fingerprint density at radius 3 is 2.70 bits per heavy atom. The van der Waals surface area contributed by atoms with Crippen molar-refractivity contribution in [1.29, 1.82) is 0 Å². The van der Waals surface area contributed by atoms with Crippen LogP contribution in [0.1, 0.15) is 47.7 Å². The molecule has 2 saturated carbocycles. The van der Waals surface area contributed by atoms with Crippen LogP contribution in [0.4, 0.5) is 15.9 Å². The molecule has 1 aromatic heterocycles. The molecule has 2 unspecified atom stereocenters. The molecule has 0 aliphatic heterocycles. The summed E-state index contributed by atoms with van der Waals surface area (Å²) < 4.78 is 20.6. The minimum absolute atomic E-state index is 0.0411. The minimum Gasteiger partial charge on any atom is -0.394 e. The molecular formula is C21H26ClFN4O3. The summed E-state index contributed by atoms with van der Waals surface area (Å²) in [5.41, 5.74) is 7.66. The molecule has 2 aliphatic carbocycles. The number of aliphatic hydroxyl groups excluding tert-OH is 1. The van der Waals surface area contributed by atoms with Gasteiger partial charge in [0.1, 0.15) is 17.2 Å². The molecule has 2 atom stereocenters. The Morgan fingerprint density at radius 2 is 2.07 bits per heavy atom. The van der Waals surface area contributed by atoms with Gasteiger partial charge in [-0.25, -0.2) is 4.39 Å². The van der Waals surface area contributed by atoms with Gasteiger partial charge in [-0.3, -0.25) is 9.48 Å². The number of amides is 1. The normalized spacial score (nSPS) is 25.5. The average molecular weight is 437 g/mol. The highest BCUT2D eigenvalue weighted by atomic mass is 35.5. The molecule has 1 aromatic carbocycles. The van der Waals surface area contributed by atoms with E-state index in [-0.39, 0.29) is 29.6 Å². The number of rotatable bonds is 6. The number of nitrogens with one attached hydrogen (secondary N) is 1. The van der Waals surface area contributed by atoms with Gasteiger partial charge in [0.15, 0.2) is 0 Å². The second-order valence-corrected chi connectivity index (χ2v) is 8.64. The van der Waals surface area contributed by atoms with Gasteiger partial charge >= 0.3 is 0 Å². The van der Waals surface area contributed by atoms with Crippen LogP contribution in [0, 0.1) is 17.7 Å². The number of benzene rings is 1. The van der Waals surface area contributed by atoms with Gasteiger partial charge in [-0.05, 0) is 55.7 Å². The molecule has 2 aromatic rings. The van der Waals surface area contributed by atoms with E-state index >= 15 is 0 Å². The Bertz CT molecular complexity index is 937. The summed E-state index contributed by atoms with van der Waals surface area (Å²) in [6.07, 6.45) is 4.01. The summed E-state index contributed by atoms with van der Waals surface area (Å²) in [6.45, 7) is 0.418. The van der Waals surface area contributed by atoms with Gasteiger partial charge in [-0.2, -0.15) is 5.10 Å². The van der Waals surface area contributed by atoms with Gasteiger partial charge in [0.25, 0.3) is 5.91 Å². The van der Waals surface area contributed by atoms with E-state index in [4.69, 9.17) is 27.2 Å². The first-order valence-electron chi connectivity index (χ1n) is 10.2. The molecule has 0 radical (unpaired) electrons. The SMILES string of the molecule is Cn1nc(C2CC3CC(OCCO)CC3C2)c(C(=O)Nc2ccc(F)c(Cl)c2)c1N. The molecule has 162 valence electrons. The highest BCUT2D eigenvalue weighted by Gasteiger charge is 2.44. The Kier molecular flexibility index (Phi) is 5.99. The highest BCUT2D eigenvalue weighted by molar-refractivity contribution is 6.31. The van der Waals surface area contributed by atoms with Crippen molar-refractivity contribution >= 4 is 29.0 Å². The van der Waals surface area contributed by atoms with E-state index in [0.717, 1.165) is 25.7 Å². The number of anilines is 2. The maximum absolute atomic E-state index is 13.4. The molecule has 1 amide bonds. The van der Waals surface area contributed by atoms with Gasteiger partial charge in [0.2, 0.25) is 0 Å². The van der Waals surface area contributed by atoms with E-state index in [1.54, 1.807) is 7.05 Å². The number of ether oxygens (including phenoxy) is 1. The molecule has 4 N–H and O–H groups in total. The Labute approximate surface area is 179 Å². The van der Waals surface area contributed by atoms with Gasteiger partial charge < -0.3 is 20.9 Å². The monoisotopic (exact) mass is 436 g/mol. The fourth-order valence-electron chi connectivity index (χ4n) is 4.98. The zero-order valence-electron chi connectivity index (χ0n) is 16.8. The first-order chi connectivity index (χ1) is 14.4. The number of aryl methyl sites for hydroxylation is 1. The zero-order chi connectivity index (χ0) is 21.4. The molecule has 0 spiro atoms. The van der Waals surface area contributed by atoms with E-state index in [2.05, 4.69) is 10.4 Å². The smallest absolute Gasteiger partial charge is 0.261 e. The predicted octanol–water partition coefficient (Wildman–Crippen LogP) is 3.33. The molecule has 1 heterocycles. The van der Waals surface area contributed by atoms with Crippen LogP contribution in [-0.2, 0) is 11.8 Å².